The Bertz CT molecular complexity index is 954. The van der Waals surface area contributed by atoms with Gasteiger partial charge in [0.2, 0.25) is 0 Å². The summed E-state index contributed by atoms with van der Waals surface area (Å²) in [5.41, 5.74) is 3.03. The van der Waals surface area contributed by atoms with Crippen LogP contribution < -0.4 is 4.74 Å². The topological polar surface area (TPSA) is 62.9 Å². The fourth-order valence-electron chi connectivity index (χ4n) is 3.47. The molecule has 1 aliphatic heterocycles. The predicted octanol–water partition coefficient (Wildman–Crippen LogP) is 4.80. The van der Waals surface area contributed by atoms with Crippen LogP contribution in [0.15, 0.2) is 52.9 Å². The van der Waals surface area contributed by atoms with E-state index < -0.39 is 5.97 Å². The van der Waals surface area contributed by atoms with Gasteiger partial charge in [0.1, 0.15) is 17.1 Å². The van der Waals surface area contributed by atoms with E-state index in [4.69, 9.17) is 14.3 Å². The lowest BCUT2D eigenvalue weighted by Crippen LogP contribution is -2.49. The maximum atomic E-state index is 10.9. The van der Waals surface area contributed by atoms with Crippen LogP contribution in [0.1, 0.15) is 25.3 Å². The predicted molar refractivity (Wildman–Crippen MR) is 108 cm³/mol. The standard InChI is InChI=1S/C23H25NO4/c1-2-3-10-27-20-9-8-18-11-21(28-22(18)12-20)17-6-4-16(5-7-17)13-24-14-19(15-24)23(25)26/h4-9,11-12,19H,2-3,10,13-15H2,1H3,(H,25,26). The molecule has 1 N–H and O–H groups in total. The molecule has 1 saturated heterocycles. The first-order chi connectivity index (χ1) is 13.6. The molecule has 2 heterocycles. The summed E-state index contributed by atoms with van der Waals surface area (Å²) in [7, 11) is 0. The lowest BCUT2D eigenvalue weighted by atomic mass is 9.99. The highest BCUT2D eigenvalue weighted by Gasteiger charge is 2.32. The number of ether oxygens (including phenoxy) is 1. The molecular weight excluding hydrogens is 354 g/mol. The second-order valence-corrected chi connectivity index (χ2v) is 7.44. The number of rotatable bonds is 8. The van der Waals surface area contributed by atoms with Gasteiger partial charge >= 0.3 is 5.97 Å². The lowest BCUT2D eigenvalue weighted by Gasteiger charge is -2.36. The number of nitrogens with zero attached hydrogens (tertiary/aromatic N) is 1. The van der Waals surface area contributed by atoms with Crippen molar-refractivity contribution in [3.05, 3.63) is 54.1 Å². The van der Waals surface area contributed by atoms with E-state index in [9.17, 15) is 4.79 Å². The summed E-state index contributed by atoms with van der Waals surface area (Å²) < 4.78 is 11.8. The van der Waals surface area contributed by atoms with Crippen LogP contribution in [-0.4, -0.2) is 35.7 Å². The van der Waals surface area contributed by atoms with Gasteiger partial charge in [-0.3, -0.25) is 9.69 Å². The fraction of sp³-hybridized carbons (Fsp3) is 0.348. The van der Waals surface area contributed by atoms with Crippen LogP contribution in [0.3, 0.4) is 0 Å². The number of benzene rings is 2. The van der Waals surface area contributed by atoms with Crippen LogP contribution in [0.5, 0.6) is 5.75 Å². The van der Waals surface area contributed by atoms with Crippen molar-refractivity contribution in [3.8, 4) is 17.1 Å². The number of likely N-dealkylation sites (tertiary alicyclic amines) is 1. The third-order valence-electron chi connectivity index (χ3n) is 5.21. The molecule has 146 valence electrons. The Balaban J connectivity index is 1.42. The molecular formula is C23H25NO4. The minimum Gasteiger partial charge on any atom is -0.493 e. The fourth-order valence-corrected chi connectivity index (χ4v) is 3.47. The van der Waals surface area contributed by atoms with Crippen molar-refractivity contribution < 1.29 is 19.1 Å². The molecule has 28 heavy (non-hydrogen) atoms. The number of unbranched alkanes of at least 4 members (excludes halogenated alkanes) is 1. The molecule has 1 fully saturated rings. The van der Waals surface area contributed by atoms with Crippen LogP contribution in [0.2, 0.25) is 0 Å². The van der Waals surface area contributed by atoms with E-state index in [1.165, 1.54) is 5.56 Å². The molecule has 2 aromatic carbocycles. The maximum absolute atomic E-state index is 10.9. The first-order valence-corrected chi connectivity index (χ1v) is 9.83. The SMILES string of the molecule is CCCCOc1ccc2cc(-c3ccc(CN4CC(C(=O)O)C4)cc3)oc2c1. The molecule has 0 bridgehead atoms. The normalized spacial score (nSPS) is 14.9. The molecule has 4 rings (SSSR count). The average Bonchev–Trinajstić information content (AvgIpc) is 3.08. The Morgan fingerprint density at radius 2 is 1.96 bits per heavy atom. The number of fused-ring (bicyclic) bond motifs is 1. The maximum Gasteiger partial charge on any atom is 0.309 e. The zero-order valence-corrected chi connectivity index (χ0v) is 16.1. The number of hydrogen-bond acceptors (Lipinski definition) is 4. The molecule has 0 saturated carbocycles. The van der Waals surface area contributed by atoms with E-state index in [0.717, 1.165) is 54.0 Å². The van der Waals surface area contributed by atoms with E-state index in [0.29, 0.717) is 13.1 Å². The summed E-state index contributed by atoms with van der Waals surface area (Å²) in [5, 5.41) is 10.0. The van der Waals surface area contributed by atoms with Crippen LogP contribution in [-0.2, 0) is 11.3 Å². The second-order valence-electron chi connectivity index (χ2n) is 7.44. The largest absolute Gasteiger partial charge is 0.493 e. The number of aliphatic carboxylic acids is 1. The molecule has 1 aromatic heterocycles. The van der Waals surface area contributed by atoms with Gasteiger partial charge in [0.25, 0.3) is 0 Å². The molecule has 5 nitrogen and oxygen atoms in total. The van der Waals surface area contributed by atoms with Crippen LogP contribution >= 0.6 is 0 Å². The summed E-state index contributed by atoms with van der Waals surface area (Å²) in [6.07, 6.45) is 2.16. The van der Waals surface area contributed by atoms with Gasteiger partial charge in [-0.15, -0.1) is 0 Å². The highest BCUT2D eigenvalue weighted by Crippen LogP contribution is 2.31. The van der Waals surface area contributed by atoms with Crippen LogP contribution in [0.25, 0.3) is 22.3 Å². The Kier molecular flexibility index (Phi) is 5.35. The summed E-state index contributed by atoms with van der Waals surface area (Å²) >= 11 is 0. The summed E-state index contributed by atoms with van der Waals surface area (Å²) in [4.78, 5) is 13.0. The highest BCUT2D eigenvalue weighted by atomic mass is 16.5. The van der Waals surface area contributed by atoms with Crippen molar-refractivity contribution in [2.24, 2.45) is 5.92 Å². The monoisotopic (exact) mass is 379 g/mol. The van der Waals surface area contributed by atoms with E-state index in [-0.39, 0.29) is 5.92 Å². The number of hydrogen-bond donors (Lipinski definition) is 1. The highest BCUT2D eigenvalue weighted by molar-refractivity contribution is 5.84. The number of carbonyl (C=O) groups is 1. The Morgan fingerprint density at radius 3 is 2.68 bits per heavy atom. The van der Waals surface area contributed by atoms with Gasteiger partial charge < -0.3 is 14.3 Å². The summed E-state index contributed by atoms with van der Waals surface area (Å²) in [5.74, 6) is 0.759. The average molecular weight is 379 g/mol. The van der Waals surface area contributed by atoms with Gasteiger partial charge in [0.05, 0.1) is 12.5 Å². The van der Waals surface area contributed by atoms with Crippen LogP contribution in [0, 0.1) is 5.92 Å². The van der Waals surface area contributed by atoms with E-state index in [2.05, 4.69) is 36.1 Å². The van der Waals surface area contributed by atoms with Crippen molar-refractivity contribution >= 4 is 16.9 Å². The first-order valence-electron chi connectivity index (χ1n) is 9.83. The lowest BCUT2D eigenvalue weighted by molar-refractivity contribution is -0.147. The van der Waals surface area contributed by atoms with Gasteiger partial charge in [-0.2, -0.15) is 0 Å². The third kappa shape index (κ3) is 4.04. The molecule has 0 atom stereocenters. The van der Waals surface area contributed by atoms with Gasteiger partial charge in [-0.25, -0.2) is 0 Å². The van der Waals surface area contributed by atoms with Crippen molar-refractivity contribution in [1.82, 2.24) is 4.90 Å². The smallest absolute Gasteiger partial charge is 0.309 e. The van der Waals surface area contributed by atoms with Gasteiger partial charge in [-0.1, -0.05) is 37.6 Å². The van der Waals surface area contributed by atoms with E-state index in [1.807, 2.05) is 24.3 Å². The van der Waals surface area contributed by atoms with Gasteiger partial charge in [0, 0.05) is 36.7 Å². The van der Waals surface area contributed by atoms with Gasteiger partial charge in [0.15, 0.2) is 0 Å². The quantitative estimate of drug-likeness (QED) is 0.570. The van der Waals surface area contributed by atoms with Crippen LogP contribution in [0.4, 0.5) is 0 Å². The zero-order valence-electron chi connectivity index (χ0n) is 16.1. The third-order valence-corrected chi connectivity index (χ3v) is 5.21. The molecule has 3 aromatic rings. The number of carboxylic acids is 1. The van der Waals surface area contributed by atoms with Crippen molar-refractivity contribution in [1.29, 1.82) is 0 Å². The van der Waals surface area contributed by atoms with E-state index in [1.54, 1.807) is 0 Å². The molecule has 0 spiro atoms. The minimum atomic E-state index is -0.699. The minimum absolute atomic E-state index is 0.217. The molecule has 1 aliphatic rings. The molecule has 5 heteroatoms. The van der Waals surface area contributed by atoms with Crippen molar-refractivity contribution in [3.63, 3.8) is 0 Å². The second kappa shape index (κ2) is 8.07. The van der Waals surface area contributed by atoms with Crippen molar-refractivity contribution in [2.75, 3.05) is 19.7 Å². The number of furan rings is 1. The Hall–Kier alpha value is -2.79. The summed E-state index contributed by atoms with van der Waals surface area (Å²) in [6, 6.07) is 16.3. The first kappa shape index (κ1) is 18.6. The van der Waals surface area contributed by atoms with E-state index >= 15 is 0 Å². The molecule has 0 aliphatic carbocycles. The molecule has 0 unspecified atom stereocenters. The summed E-state index contributed by atoms with van der Waals surface area (Å²) in [6.45, 7) is 4.91. The Morgan fingerprint density at radius 1 is 1.18 bits per heavy atom. The Labute approximate surface area is 164 Å². The zero-order chi connectivity index (χ0) is 19.5. The van der Waals surface area contributed by atoms with Crippen molar-refractivity contribution in [2.45, 2.75) is 26.3 Å². The van der Waals surface area contributed by atoms with Gasteiger partial charge in [-0.05, 0) is 30.2 Å². The molecule has 0 amide bonds. The number of carboxylic acid groups (broad SMARTS) is 1. The molecule has 0 radical (unpaired) electrons.